The van der Waals surface area contributed by atoms with Gasteiger partial charge in [0, 0.05) is 11.8 Å². The minimum Gasteiger partial charge on any atom is -0.485 e. The summed E-state index contributed by atoms with van der Waals surface area (Å²) in [5.41, 5.74) is 1.75. The lowest BCUT2D eigenvalue weighted by molar-refractivity contribution is 0.0172. The Labute approximate surface area is 143 Å². The lowest BCUT2D eigenvalue weighted by atomic mass is 10.1. The SMILES string of the molecule is O=C(c1cc(-c2ccc(F)cc2)n[nH]1)N1CC(Oc2cccnc2)C1. The van der Waals surface area contributed by atoms with Crippen LogP contribution < -0.4 is 4.74 Å². The standard InChI is InChI=1S/C18H15FN4O2/c19-13-5-3-12(4-6-13)16-8-17(22-21-16)18(24)23-10-15(11-23)25-14-2-1-7-20-9-14/h1-9,15H,10-11H2,(H,21,22). The third-order valence-electron chi connectivity index (χ3n) is 4.02. The van der Waals surface area contributed by atoms with Crippen LogP contribution in [-0.2, 0) is 0 Å². The third kappa shape index (κ3) is 3.21. The van der Waals surface area contributed by atoms with E-state index in [2.05, 4.69) is 15.2 Å². The van der Waals surface area contributed by atoms with Crippen molar-refractivity contribution in [1.29, 1.82) is 0 Å². The number of aromatic nitrogens is 3. The van der Waals surface area contributed by atoms with Crippen molar-refractivity contribution in [3.8, 4) is 17.0 Å². The second-order valence-corrected chi connectivity index (χ2v) is 5.81. The fourth-order valence-corrected chi connectivity index (χ4v) is 2.66. The maximum Gasteiger partial charge on any atom is 0.272 e. The van der Waals surface area contributed by atoms with Crippen LogP contribution in [0.15, 0.2) is 54.9 Å². The van der Waals surface area contributed by atoms with E-state index < -0.39 is 0 Å². The van der Waals surface area contributed by atoms with Gasteiger partial charge in [0.05, 0.1) is 25.0 Å². The molecule has 0 radical (unpaired) electrons. The van der Waals surface area contributed by atoms with E-state index in [1.54, 1.807) is 41.6 Å². The molecule has 0 unspecified atom stereocenters. The first-order valence-electron chi connectivity index (χ1n) is 7.86. The van der Waals surface area contributed by atoms with Gasteiger partial charge in [0.2, 0.25) is 0 Å². The van der Waals surface area contributed by atoms with Crippen molar-refractivity contribution in [3.63, 3.8) is 0 Å². The summed E-state index contributed by atoms with van der Waals surface area (Å²) in [6.07, 6.45) is 3.29. The van der Waals surface area contributed by atoms with E-state index in [0.717, 1.165) is 5.56 Å². The number of benzene rings is 1. The Bertz CT molecular complexity index is 874. The van der Waals surface area contributed by atoms with Crippen LogP contribution in [-0.4, -0.2) is 45.2 Å². The molecule has 4 rings (SSSR count). The summed E-state index contributed by atoms with van der Waals surface area (Å²) in [5, 5.41) is 6.88. The summed E-state index contributed by atoms with van der Waals surface area (Å²) in [4.78, 5) is 18.1. The number of carbonyl (C=O) groups is 1. The zero-order chi connectivity index (χ0) is 17.2. The predicted molar refractivity (Wildman–Crippen MR) is 88.5 cm³/mol. The molecule has 0 atom stereocenters. The second-order valence-electron chi connectivity index (χ2n) is 5.81. The van der Waals surface area contributed by atoms with Crippen molar-refractivity contribution < 1.29 is 13.9 Å². The Morgan fingerprint density at radius 3 is 2.76 bits per heavy atom. The fraction of sp³-hybridized carbons (Fsp3) is 0.167. The molecule has 2 aromatic heterocycles. The Hall–Kier alpha value is -3.22. The van der Waals surface area contributed by atoms with Crippen molar-refractivity contribution >= 4 is 5.91 Å². The molecule has 1 aliphatic rings. The molecular formula is C18H15FN4O2. The summed E-state index contributed by atoms with van der Waals surface area (Å²) in [7, 11) is 0. The first-order valence-corrected chi connectivity index (χ1v) is 7.86. The highest BCUT2D eigenvalue weighted by atomic mass is 19.1. The zero-order valence-electron chi connectivity index (χ0n) is 13.2. The summed E-state index contributed by atoms with van der Waals surface area (Å²) >= 11 is 0. The molecule has 1 aliphatic heterocycles. The first-order chi connectivity index (χ1) is 12.2. The summed E-state index contributed by atoms with van der Waals surface area (Å²) in [6.45, 7) is 1.03. The second kappa shape index (κ2) is 6.35. The lowest BCUT2D eigenvalue weighted by Crippen LogP contribution is -2.56. The van der Waals surface area contributed by atoms with Gasteiger partial charge in [0.15, 0.2) is 0 Å². The van der Waals surface area contributed by atoms with Crippen molar-refractivity contribution in [2.75, 3.05) is 13.1 Å². The molecule has 25 heavy (non-hydrogen) atoms. The number of nitrogens with zero attached hydrogens (tertiary/aromatic N) is 3. The molecule has 3 aromatic rings. The third-order valence-corrected chi connectivity index (χ3v) is 4.02. The van der Waals surface area contributed by atoms with Gasteiger partial charge in [-0.1, -0.05) is 0 Å². The van der Waals surface area contributed by atoms with E-state index in [9.17, 15) is 9.18 Å². The van der Waals surface area contributed by atoms with Crippen LogP contribution in [0.4, 0.5) is 4.39 Å². The molecule has 1 saturated heterocycles. The largest absolute Gasteiger partial charge is 0.485 e. The molecule has 1 N–H and O–H groups in total. The smallest absolute Gasteiger partial charge is 0.272 e. The van der Waals surface area contributed by atoms with Crippen LogP contribution in [0.3, 0.4) is 0 Å². The molecule has 1 fully saturated rings. The highest BCUT2D eigenvalue weighted by Gasteiger charge is 2.33. The van der Waals surface area contributed by atoms with Gasteiger partial charge in [-0.2, -0.15) is 5.10 Å². The number of hydrogen-bond donors (Lipinski definition) is 1. The Kier molecular flexibility index (Phi) is 3.89. The van der Waals surface area contributed by atoms with Crippen molar-refractivity contribution in [3.05, 3.63) is 66.4 Å². The molecule has 1 aromatic carbocycles. The monoisotopic (exact) mass is 338 g/mol. The number of ether oxygens (including phenoxy) is 1. The van der Waals surface area contributed by atoms with E-state index >= 15 is 0 Å². The van der Waals surface area contributed by atoms with E-state index in [4.69, 9.17) is 4.74 Å². The number of hydrogen-bond acceptors (Lipinski definition) is 4. The van der Waals surface area contributed by atoms with Gasteiger partial charge >= 0.3 is 0 Å². The van der Waals surface area contributed by atoms with Crippen LogP contribution in [0.25, 0.3) is 11.3 Å². The normalized spacial score (nSPS) is 14.2. The average Bonchev–Trinajstić information content (AvgIpc) is 3.09. The van der Waals surface area contributed by atoms with Crippen LogP contribution in [0.1, 0.15) is 10.5 Å². The predicted octanol–water partition coefficient (Wildman–Crippen LogP) is 2.51. The van der Waals surface area contributed by atoms with Gasteiger partial charge in [-0.25, -0.2) is 4.39 Å². The molecule has 7 heteroatoms. The van der Waals surface area contributed by atoms with Gasteiger partial charge in [-0.15, -0.1) is 0 Å². The van der Waals surface area contributed by atoms with Crippen LogP contribution >= 0.6 is 0 Å². The van der Waals surface area contributed by atoms with E-state index in [1.807, 2.05) is 6.07 Å². The molecule has 0 bridgehead atoms. The summed E-state index contributed by atoms with van der Waals surface area (Å²) in [5.74, 6) is 0.252. The van der Waals surface area contributed by atoms with Crippen LogP contribution in [0.5, 0.6) is 5.75 Å². The van der Waals surface area contributed by atoms with Gasteiger partial charge in [-0.3, -0.25) is 14.9 Å². The fourth-order valence-electron chi connectivity index (χ4n) is 2.66. The highest BCUT2D eigenvalue weighted by molar-refractivity contribution is 5.94. The minimum atomic E-state index is -0.309. The summed E-state index contributed by atoms with van der Waals surface area (Å²) < 4.78 is 18.7. The number of rotatable bonds is 4. The number of amides is 1. The van der Waals surface area contributed by atoms with Crippen LogP contribution in [0.2, 0.25) is 0 Å². The Morgan fingerprint density at radius 1 is 1.24 bits per heavy atom. The number of aromatic amines is 1. The quantitative estimate of drug-likeness (QED) is 0.793. The van der Waals surface area contributed by atoms with Gasteiger partial charge in [-0.05, 0) is 42.5 Å². The number of halogens is 1. The van der Waals surface area contributed by atoms with Gasteiger partial charge in [0.25, 0.3) is 5.91 Å². The zero-order valence-corrected chi connectivity index (χ0v) is 13.2. The number of likely N-dealkylation sites (tertiary alicyclic amines) is 1. The molecule has 6 nitrogen and oxygen atoms in total. The molecular weight excluding hydrogens is 323 g/mol. The number of carbonyl (C=O) groups excluding carboxylic acids is 1. The van der Waals surface area contributed by atoms with E-state index in [1.165, 1.54) is 12.1 Å². The molecule has 0 spiro atoms. The Balaban J connectivity index is 1.37. The van der Waals surface area contributed by atoms with Gasteiger partial charge < -0.3 is 9.64 Å². The van der Waals surface area contributed by atoms with Crippen LogP contribution in [0, 0.1) is 5.82 Å². The number of pyridine rings is 1. The molecule has 0 saturated carbocycles. The highest BCUT2D eigenvalue weighted by Crippen LogP contribution is 2.21. The number of H-pyrrole nitrogens is 1. The number of nitrogens with one attached hydrogen (secondary N) is 1. The molecule has 126 valence electrons. The minimum absolute atomic E-state index is 0.0346. The van der Waals surface area contributed by atoms with Crippen molar-refractivity contribution in [2.45, 2.75) is 6.10 Å². The molecule has 0 aliphatic carbocycles. The molecule has 3 heterocycles. The lowest BCUT2D eigenvalue weighted by Gasteiger charge is -2.38. The molecule has 1 amide bonds. The average molecular weight is 338 g/mol. The maximum atomic E-state index is 13.0. The topological polar surface area (TPSA) is 71.1 Å². The first kappa shape index (κ1) is 15.3. The maximum absolute atomic E-state index is 13.0. The van der Waals surface area contributed by atoms with E-state index in [-0.39, 0.29) is 17.8 Å². The van der Waals surface area contributed by atoms with Crippen molar-refractivity contribution in [2.24, 2.45) is 0 Å². The van der Waals surface area contributed by atoms with Gasteiger partial charge in [0.1, 0.15) is 23.4 Å². The summed E-state index contributed by atoms with van der Waals surface area (Å²) in [6, 6.07) is 11.3. The van der Waals surface area contributed by atoms with Crippen molar-refractivity contribution in [1.82, 2.24) is 20.1 Å². The van der Waals surface area contributed by atoms with E-state index in [0.29, 0.717) is 30.2 Å². The Morgan fingerprint density at radius 2 is 2.04 bits per heavy atom.